The van der Waals surface area contributed by atoms with E-state index in [1.807, 2.05) is 48.7 Å². The molecule has 1 amide bonds. The summed E-state index contributed by atoms with van der Waals surface area (Å²) in [5, 5.41) is 6.81. The average Bonchev–Trinajstić information content (AvgIpc) is 2.95. The molecule has 4 aromatic rings. The number of ether oxygens (including phenoxy) is 1. The molecule has 1 N–H and O–H groups in total. The third-order valence-electron chi connectivity index (χ3n) is 6.39. The summed E-state index contributed by atoms with van der Waals surface area (Å²) in [4.78, 5) is 18.2. The van der Waals surface area contributed by atoms with Gasteiger partial charge in [0.2, 0.25) is 5.91 Å². The van der Waals surface area contributed by atoms with Crippen LogP contribution in [-0.2, 0) is 4.79 Å². The molecule has 0 aliphatic rings. The smallest absolute Gasteiger partial charge is 0.249 e. The van der Waals surface area contributed by atoms with Crippen LogP contribution in [0.2, 0.25) is 0 Å². The topological polar surface area (TPSA) is 50.7 Å². The van der Waals surface area contributed by atoms with Gasteiger partial charge in [0.15, 0.2) is 0 Å². The van der Waals surface area contributed by atoms with Crippen molar-refractivity contribution in [3.8, 4) is 5.75 Å². The molecule has 188 valence electrons. The van der Waals surface area contributed by atoms with E-state index in [-0.39, 0.29) is 11.8 Å². The van der Waals surface area contributed by atoms with Gasteiger partial charge in [0.25, 0.3) is 0 Å². The third kappa shape index (κ3) is 6.72. The third-order valence-corrected chi connectivity index (χ3v) is 8.91. The number of aliphatic imine (C=N–C) groups is 1. The van der Waals surface area contributed by atoms with Gasteiger partial charge in [-0.05, 0) is 54.0 Å². The SMILES string of the molecule is CCC(C)[C@H](N=Cc1ccccc1P(c1ccccc1)c1ccccc1)C(=O)Nc1ccc(OC)cc1. The number of methoxy groups -OCH3 is 1. The summed E-state index contributed by atoms with van der Waals surface area (Å²) in [5.41, 5.74) is 1.76. The van der Waals surface area contributed by atoms with Gasteiger partial charge < -0.3 is 10.1 Å². The second kappa shape index (κ2) is 13.0. The maximum atomic E-state index is 13.3. The monoisotopic (exact) mass is 508 g/mol. The Hall–Kier alpha value is -3.75. The molecule has 0 saturated carbocycles. The number of carbonyl (C=O) groups is 1. The molecule has 1 unspecified atom stereocenters. The highest BCUT2D eigenvalue weighted by molar-refractivity contribution is 7.80. The fourth-order valence-electron chi connectivity index (χ4n) is 4.13. The zero-order valence-electron chi connectivity index (χ0n) is 21.5. The maximum Gasteiger partial charge on any atom is 0.249 e. The summed E-state index contributed by atoms with van der Waals surface area (Å²) in [6.07, 6.45) is 2.74. The second-order valence-electron chi connectivity index (χ2n) is 8.89. The first-order valence-corrected chi connectivity index (χ1v) is 13.9. The van der Waals surface area contributed by atoms with Gasteiger partial charge in [0.05, 0.1) is 7.11 Å². The number of carbonyl (C=O) groups excluding carboxylic acids is 1. The Labute approximate surface area is 221 Å². The average molecular weight is 509 g/mol. The van der Waals surface area contributed by atoms with Crippen LogP contribution >= 0.6 is 7.92 Å². The summed E-state index contributed by atoms with van der Waals surface area (Å²) in [6, 6.07) is 36.5. The van der Waals surface area contributed by atoms with Crippen LogP contribution in [0.4, 0.5) is 5.69 Å². The van der Waals surface area contributed by atoms with Gasteiger partial charge in [-0.1, -0.05) is 105 Å². The maximum absolute atomic E-state index is 13.3. The summed E-state index contributed by atoms with van der Waals surface area (Å²) in [6.45, 7) is 4.16. The van der Waals surface area contributed by atoms with E-state index in [9.17, 15) is 4.79 Å². The molecule has 4 rings (SSSR count). The molecule has 4 nitrogen and oxygen atoms in total. The van der Waals surface area contributed by atoms with Crippen LogP contribution in [-0.4, -0.2) is 25.3 Å². The number of rotatable bonds is 10. The minimum atomic E-state index is -0.780. The van der Waals surface area contributed by atoms with Crippen molar-refractivity contribution in [3.63, 3.8) is 0 Å². The molecule has 0 aliphatic heterocycles. The number of nitrogens with one attached hydrogen (secondary N) is 1. The Balaban J connectivity index is 1.66. The van der Waals surface area contributed by atoms with Crippen LogP contribution in [0.1, 0.15) is 25.8 Å². The van der Waals surface area contributed by atoms with E-state index in [1.54, 1.807) is 7.11 Å². The van der Waals surface area contributed by atoms with E-state index in [0.717, 1.165) is 23.4 Å². The zero-order chi connectivity index (χ0) is 26.0. The van der Waals surface area contributed by atoms with Gasteiger partial charge in [0.1, 0.15) is 11.8 Å². The van der Waals surface area contributed by atoms with Crippen molar-refractivity contribution in [2.24, 2.45) is 10.9 Å². The highest BCUT2D eigenvalue weighted by atomic mass is 31.1. The van der Waals surface area contributed by atoms with E-state index in [0.29, 0.717) is 0 Å². The lowest BCUT2D eigenvalue weighted by molar-refractivity contribution is -0.118. The molecular weight excluding hydrogens is 475 g/mol. The van der Waals surface area contributed by atoms with E-state index in [4.69, 9.17) is 9.73 Å². The van der Waals surface area contributed by atoms with Crippen molar-refractivity contribution in [3.05, 3.63) is 115 Å². The van der Waals surface area contributed by atoms with Crippen LogP contribution in [0, 0.1) is 5.92 Å². The molecule has 2 atom stereocenters. The molecule has 0 aromatic heterocycles. The van der Waals surface area contributed by atoms with Crippen LogP contribution in [0.25, 0.3) is 0 Å². The lowest BCUT2D eigenvalue weighted by Crippen LogP contribution is -2.32. The predicted molar refractivity (Wildman–Crippen MR) is 158 cm³/mol. The largest absolute Gasteiger partial charge is 0.497 e. The summed E-state index contributed by atoms with van der Waals surface area (Å²) in [5.74, 6) is 0.729. The molecule has 37 heavy (non-hydrogen) atoms. The van der Waals surface area contributed by atoms with Crippen molar-refractivity contribution in [1.29, 1.82) is 0 Å². The first kappa shape index (κ1) is 26.3. The Morgan fingerprint density at radius 2 is 1.43 bits per heavy atom. The number of hydrogen-bond donors (Lipinski definition) is 1. The number of benzene rings is 4. The Kier molecular flexibility index (Phi) is 9.24. The number of hydrogen-bond acceptors (Lipinski definition) is 3. The molecule has 0 bridgehead atoms. The van der Waals surface area contributed by atoms with E-state index in [1.165, 1.54) is 15.9 Å². The van der Waals surface area contributed by atoms with Crippen LogP contribution in [0.15, 0.2) is 114 Å². The molecule has 4 aromatic carbocycles. The van der Waals surface area contributed by atoms with Gasteiger partial charge in [-0.2, -0.15) is 0 Å². The molecule has 0 fully saturated rings. The van der Waals surface area contributed by atoms with Crippen molar-refractivity contribution in [1.82, 2.24) is 0 Å². The van der Waals surface area contributed by atoms with E-state index in [2.05, 4.69) is 85.9 Å². The van der Waals surface area contributed by atoms with Crippen molar-refractivity contribution in [2.45, 2.75) is 26.3 Å². The lowest BCUT2D eigenvalue weighted by Gasteiger charge is -2.22. The van der Waals surface area contributed by atoms with Gasteiger partial charge in [0, 0.05) is 17.5 Å². The van der Waals surface area contributed by atoms with Crippen LogP contribution < -0.4 is 26.0 Å². The molecule has 5 heteroatoms. The Bertz CT molecular complexity index is 1270. The van der Waals surface area contributed by atoms with Crippen LogP contribution in [0.5, 0.6) is 5.75 Å². The highest BCUT2D eigenvalue weighted by Crippen LogP contribution is 2.33. The molecule has 0 saturated heterocycles. The van der Waals surface area contributed by atoms with Gasteiger partial charge in [-0.15, -0.1) is 0 Å². The normalized spacial score (nSPS) is 12.9. The van der Waals surface area contributed by atoms with Crippen LogP contribution in [0.3, 0.4) is 0 Å². The van der Waals surface area contributed by atoms with Crippen molar-refractivity contribution >= 4 is 41.6 Å². The molecule has 0 heterocycles. The Morgan fingerprint density at radius 3 is 2.00 bits per heavy atom. The molecular formula is C32H33N2O2P. The minimum absolute atomic E-state index is 0.0893. The first-order chi connectivity index (χ1) is 18.1. The van der Waals surface area contributed by atoms with E-state index < -0.39 is 14.0 Å². The predicted octanol–water partition coefficient (Wildman–Crippen LogP) is 5.93. The fraction of sp³-hybridized carbons (Fsp3) is 0.188. The lowest BCUT2D eigenvalue weighted by atomic mass is 9.98. The molecule has 0 spiro atoms. The quantitative estimate of drug-likeness (QED) is 0.213. The van der Waals surface area contributed by atoms with E-state index >= 15 is 0 Å². The Morgan fingerprint density at radius 1 is 0.865 bits per heavy atom. The van der Waals surface area contributed by atoms with Crippen molar-refractivity contribution in [2.75, 3.05) is 12.4 Å². The number of amides is 1. The minimum Gasteiger partial charge on any atom is -0.497 e. The number of anilines is 1. The number of nitrogens with zero attached hydrogens (tertiary/aromatic N) is 1. The summed E-state index contributed by atoms with van der Waals surface area (Å²) in [7, 11) is 0.845. The zero-order valence-corrected chi connectivity index (χ0v) is 22.4. The highest BCUT2D eigenvalue weighted by Gasteiger charge is 2.24. The fourth-order valence-corrected chi connectivity index (χ4v) is 6.55. The summed E-state index contributed by atoms with van der Waals surface area (Å²) >= 11 is 0. The summed E-state index contributed by atoms with van der Waals surface area (Å²) < 4.78 is 5.22. The van der Waals surface area contributed by atoms with Gasteiger partial charge in [-0.3, -0.25) is 9.79 Å². The second-order valence-corrected chi connectivity index (χ2v) is 11.1. The van der Waals surface area contributed by atoms with Crippen molar-refractivity contribution < 1.29 is 9.53 Å². The first-order valence-electron chi connectivity index (χ1n) is 12.6. The standard InChI is InChI=1S/C32H33N2O2P/c1-4-24(2)31(32(35)34-26-19-21-27(36-3)22-20-26)33-23-25-13-11-12-18-30(25)37(28-14-7-5-8-15-28)29-16-9-6-10-17-29/h5-24,31H,4H2,1-3H3,(H,34,35)/t24?,31-/m0/s1. The molecule has 0 radical (unpaired) electrons. The van der Waals surface area contributed by atoms with Gasteiger partial charge in [-0.25, -0.2) is 0 Å². The van der Waals surface area contributed by atoms with Gasteiger partial charge >= 0.3 is 0 Å². The molecule has 0 aliphatic carbocycles.